The van der Waals surface area contributed by atoms with E-state index in [9.17, 15) is 0 Å². The van der Waals surface area contributed by atoms with E-state index >= 15 is 0 Å². The van der Waals surface area contributed by atoms with Crippen LogP contribution in [-0.2, 0) is 0 Å². The van der Waals surface area contributed by atoms with E-state index in [2.05, 4.69) is 59.6 Å². The van der Waals surface area contributed by atoms with Crippen molar-refractivity contribution in [2.45, 2.75) is 27.7 Å². The lowest BCUT2D eigenvalue weighted by Gasteiger charge is -2.13. The Balaban J connectivity index is 3.60. The molecule has 66 valence electrons. The third kappa shape index (κ3) is 1.47. The molecule has 1 rings (SSSR count). The van der Waals surface area contributed by atoms with E-state index in [0.29, 0.717) is 0 Å². The third-order valence-corrected chi connectivity index (χ3v) is 5.05. The van der Waals surface area contributed by atoms with Gasteiger partial charge in [0.1, 0.15) is 0 Å². The molecular weight excluding hydrogens is 280 g/mol. The lowest BCUT2D eigenvalue weighted by Crippen LogP contribution is -1.93. The molecule has 2 heteroatoms. The summed E-state index contributed by atoms with van der Waals surface area (Å²) in [6.07, 6.45) is 0. The fraction of sp³-hybridized carbons (Fsp3) is 0.400. The van der Waals surface area contributed by atoms with Crippen LogP contribution in [0.15, 0.2) is 8.95 Å². The second-order valence-electron chi connectivity index (χ2n) is 3.13. The van der Waals surface area contributed by atoms with Gasteiger partial charge in [0.15, 0.2) is 0 Å². The van der Waals surface area contributed by atoms with Crippen molar-refractivity contribution in [1.82, 2.24) is 0 Å². The summed E-state index contributed by atoms with van der Waals surface area (Å²) in [5.74, 6) is 0. The maximum Gasteiger partial charge on any atom is 0.0352 e. The summed E-state index contributed by atoms with van der Waals surface area (Å²) in [5.41, 5.74) is 5.40. The first-order valence-corrected chi connectivity index (χ1v) is 5.46. The largest absolute Gasteiger partial charge is 0.0493 e. The molecule has 0 saturated carbocycles. The number of benzene rings is 1. The van der Waals surface area contributed by atoms with E-state index in [0.717, 1.165) is 0 Å². The number of halogens is 2. The smallest absolute Gasteiger partial charge is 0.0352 e. The molecule has 0 heterocycles. The molecule has 0 saturated heterocycles. The summed E-state index contributed by atoms with van der Waals surface area (Å²) in [7, 11) is 0. The predicted molar refractivity (Wildman–Crippen MR) is 60.8 cm³/mol. The zero-order valence-corrected chi connectivity index (χ0v) is 10.9. The summed E-state index contributed by atoms with van der Waals surface area (Å²) in [5, 5.41) is 0. The molecule has 12 heavy (non-hydrogen) atoms. The Labute approximate surface area is 90.6 Å². The van der Waals surface area contributed by atoms with Crippen LogP contribution in [0.1, 0.15) is 22.3 Å². The van der Waals surface area contributed by atoms with E-state index in [1.807, 2.05) is 0 Å². The van der Waals surface area contributed by atoms with Gasteiger partial charge in [0.05, 0.1) is 0 Å². The lowest BCUT2D eigenvalue weighted by molar-refractivity contribution is 1.18. The van der Waals surface area contributed by atoms with Crippen molar-refractivity contribution >= 4 is 31.9 Å². The van der Waals surface area contributed by atoms with Gasteiger partial charge in [0.25, 0.3) is 0 Å². The van der Waals surface area contributed by atoms with Crippen molar-refractivity contribution < 1.29 is 0 Å². The highest BCUT2D eigenvalue weighted by Gasteiger charge is 2.10. The minimum atomic E-state index is 1.18. The van der Waals surface area contributed by atoms with E-state index in [-0.39, 0.29) is 0 Å². The molecule has 0 aromatic heterocycles. The van der Waals surface area contributed by atoms with Gasteiger partial charge in [0.2, 0.25) is 0 Å². The molecule has 0 bridgehead atoms. The van der Waals surface area contributed by atoms with Crippen molar-refractivity contribution in [2.24, 2.45) is 0 Å². The molecule has 0 aliphatic heterocycles. The molecule has 0 fully saturated rings. The predicted octanol–water partition coefficient (Wildman–Crippen LogP) is 4.45. The van der Waals surface area contributed by atoms with Crippen molar-refractivity contribution in [3.63, 3.8) is 0 Å². The molecule has 1 aromatic rings. The zero-order chi connectivity index (χ0) is 9.46. The first-order valence-electron chi connectivity index (χ1n) is 3.88. The number of rotatable bonds is 0. The monoisotopic (exact) mass is 290 g/mol. The summed E-state index contributed by atoms with van der Waals surface area (Å²) < 4.78 is 2.37. The fourth-order valence-corrected chi connectivity index (χ4v) is 2.41. The molecule has 0 spiro atoms. The number of hydrogen-bond acceptors (Lipinski definition) is 0. The van der Waals surface area contributed by atoms with Gasteiger partial charge >= 0.3 is 0 Å². The summed E-state index contributed by atoms with van der Waals surface area (Å²) in [6.45, 7) is 8.59. The van der Waals surface area contributed by atoms with Gasteiger partial charge in [-0.05, 0) is 81.8 Å². The highest BCUT2D eigenvalue weighted by molar-refractivity contribution is 9.13. The Morgan fingerprint density at radius 1 is 0.583 bits per heavy atom. The van der Waals surface area contributed by atoms with Crippen LogP contribution in [-0.4, -0.2) is 0 Å². The molecule has 0 aliphatic carbocycles. The van der Waals surface area contributed by atoms with E-state index in [1.54, 1.807) is 0 Å². The van der Waals surface area contributed by atoms with Gasteiger partial charge < -0.3 is 0 Å². The average Bonchev–Trinajstić information content (AvgIpc) is 2.08. The van der Waals surface area contributed by atoms with Gasteiger partial charge in [0, 0.05) is 8.95 Å². The highest BCUT2D eigenvalue weighted by Crippen LogP contribution is 2.34. The Hall–Kier alpha value is 0.180. The molecule has 0 nitrogen and oxygen atoms in total. The van der Waals surface area contributed by atoms with Gasteiger partial charge in [-0.3, -0.25) is 0 Å². The molecular formula is C10H12Br2. The second-order valence-corrected chi connectivity index (χ2v) is 4.71. The maximum absolute atomic E-state index is 3.57. The van der Waals surface area contributed by atoms with Crippen LogP contribution in [0.2, 0.25) is 0 Å². The van der Waals surface area contributed by atoms with E-state index < -0.39 is 0 Å². The molecule has 0 radical (unpaired) electrons. The van der Waals surface area contributed by atoms with Crippen LogP contribution >= 0.6 is 31.9 Å². The Morgan fingerprint density at radius 3 is 1.08 bits per heavy atom. The maximum atomic E-state index is 3.57. The summed E-state index contributed by atoms with van der Waals surface area (Å²) >= 11 is 7.14. The van der Waals surface area contributed by atoms with Crippen LogP contribution in [0.3, 0.4) is 0 Å². The SMILES string of the molecule is Cc1c(C)c(C)c(Br)c(Br)c1C. The Kier molecular flexibility index (Phi) is 3.00. The van der Waals surface area contributed by atoms with E-state index in [4.69, 9.17) is 0 Å². The molecule has 1 aromatic carbocycles. The Bertz CT molecular complexity index is 222. The quantitative estimate of drug-likeness (QED) is 0.663. The van der Waals surface area contributed by atoms with Crippen LogP contribution in [0, 0.1) is 27.7 Å². The standard InChI is InChI=1S/C10H12Br2/c1-5-6(2)8(4)10(12)9(11)7(5)3/h1-4H3. The van der Waals surface area contributed by atoms with Crippen LogP contribution in [0.5, 0.6) is 0 Å². The average molecular weight is 292 g/mol. The van der Waals surface area contributed by atoms with Crippen molar-refractivity contribution in [1.29, 1.82) is 0 Å². The number of hydrogen-bond donors (Lipinski definition) is 0. The normalized spacial score (nSPS) is 10.5. The van der Waals surface area contributed by atoms with Gasteiger partial charge in [-0.1, -0.05) is 0 Å². The summed E-state index contributed by atoms with van der Waals surface area (Å²) in [6, 6.07) is 0. The molecule has 0 amide bonds. The first kappa shape index (κ1) is 10.3. The summed E-state index contributed by atoms with van der Waals surface area (Å²) in [4.78, 5) is 0. The molecule has 0 unspecified atom stereocenters. The minimum absolute atomic E-state index is 1.18. The zero-order valence-electron chi connectivity index (χ0n) is 7.76. The second kappa shape index (κ2) is 3.51. The third-order valence-electron chi connectivity index (χ3n) is 2.54. The lowest BCUT2D eigenvalue weighted by atomic mass is 10.00. The molecule has 0 atom stereocenters. The van der Waals surface area contributed by atoms with Crippen LogP contribution in [0.4, 0.5) is 0 Å². The van der Waals surface area contributed by atoms with Crippen molar-refractivity contribution in [3.05, 3.63) is 31.2 Å². The van der Waals surface area contributed by atoms with Crippen molar-refractivity contribution in [3.8, 4) is 0 Å². The van der Waals surface area contributed by atoms with E-state index in [1.165, 1.54) is 31.2 Å². The first-order chi connectivity index (χ1) is 5.46. The van der Waals surface area contributed by atoms with Gasteiger partial charge in [-0.25, -0.2) is 0 Å². The fourth-order valence-electron chi connectivity index (χ4n) is 1.22. The van der Waals surface area contributed by atoms with Gasteiger partial charge in [-0.2, -0.15) is 0 Å². The highest BCUT2D eigenvalue weighted by atomic mass is 79.9. The van der Waals surface area contributed by atoms with Crippen LogP contribution < -0.4 is 0 Å². The van der Waals surface area contributed by atoms with Gasteiger partial charge in [-0.15, -0.1) is 0 Å². The Morgan fingerprint density at radius 2 is 0.833 bits per heavy atom. The topological polar surface area (TPSA) is 0 Å². The van der Waals surface area contributed by atoms with Crippen molar-refractivity contribution in [2.75, 3.05) is 0 Å². The molecule has 0 aliphatic rings. The molecule has 0 N–H and O–H groups in total. The van der Waals surface area contributed by atoms with Crippen LogP contribution in [0.25, 0.3) is 0 Å². The minimum Gasteiger partial charge on any atom is -0.0493 e.